The first-order valence-electron chi connectivity index (χ1n) is 5.24. The Morgan fingerprint density at radius 1 is 1.29 bits per heavy atom. The fraction of sp³-hybridized carbons (Fsp3) is 0.700. The van der Waals surface area contributed by atoms with Gasteiger partial charge < -0.3 is 0 Å². The maximum atomic E-state index is 11.9. The fourth-order valence-electron chi connectivity index (χ4n) is 1.48. The van der Waals surface area contributed by atoms with Crippen molar-refractivity contribution in [3.05, 3.63) is 0 Å². The largest absolute Gasteiger partial charge is 0.330 e. The minimum atomic E-state index is -1.22. The van der Waals surface area contributed by atoms with Gasteiger partial charge in [-0.2, -0.15) is 0 Å². The van der Waals surface area contributed by atoms with Crippen LogP contribution in [0.1, 0.15) is 20.3 Å². The lowest BCUT2D eigenvalue weighted by Crippen LogP contribution is -2.62. The monoisotopic (exact) mass is 260 g/mol. The van der Waals surface area contributed by atoms with E-state index in [1.54, 1.807) is 6.26 Å². The molecule has 17 heavy (non-hydrogen) atoms. The molecule has 0 radical (unpaired) electrons. The van der Waals surface area contributed by atoms with E-state index in [-0.39, 0.29) is 6.54 Å². The quantitative estimate of drug-likeness (QED) is 0.713. The van der Waals surface area contributed by atoms with E-state index in [4.69, 9.17) is 0 Å². The Kier molecular flexibility index (Phi) is 4.03. The molecule has 0 aromatic carbocycles. The van der Waals surface area contributed by atoms with Gasteiger partial charge in [0, 0.05) is 29.4 Å². The molecule has 0 aliphatic carbocycles. The molecule has 0 saturated carbocycles. The van der Waals surface area contributed by atoms with Gasteiger partial charge in [0.05, 0.1) is 0 Å². The Labute approximate surface area is 102 Å². The number of urea groups is 1. The molecule has 1 fully saturated rings. The minimum absolute atomic E-state index is 0.182. The van der Waals surface area contributed by atoms with Gasteiger partial charge in [-0.05, 0) is 20.3 Å². The van der Waals surface area contributed by atoms with Crippen molar-refractivity contribution >= 4 is 28.6 Å². The lowest BCUT2D eigenvalue weighted by atomic mass is 9.89. The summed E-state index contributed by atoms with van der Waals surface area (Å²) < 4.78 is 10.9. The molecular formula is C10H16N2O4S. The van der Waals surface area contributed by atoms with E-state index in [2.05, 4.69) is 5.32 Å². The molecule has 0 bridgehead atoms. The maximum Gasteiger partial charge on any atom is 0.330 e. The summed E-state index contributed by atoms with van der Waals surface area (Å²) in [5.41, 5.74) is -1.22. The average Bonchev–Trinajstić information content (AvgIpc) is 2.20. The third-order valence-electron chi connectivity index (χ3n) is 2.63. The normalized spacial score (nSPS) is 21.4. The van der Waals surface area contributed by atoms with Crippen LogP contribution in [-0.2, 0) is 20.4 Å². The van der Waals surface area contributed by atoms with Crippen LogP contribution >= 0.6 is 0 Å². The number of hydrogen-bond donors (Lipinski definition) is 1. The average molecular weight is 260 g/mol. The second-order valence-electron chi connectivity index (χ2n) is 4.47. The van der Waals surface area contributed by atoms with Crippen molar-refractivity contribution in [2.75, 3.05) is 18.6 Å². The van der Waals surface area contributed by atoms with E-state index in [1.807, 2.05) is 0 Å². The summed E-state index contributed by atoms with van der Waals surface area (Å²) in [7, 11) is -0.955. The van der Waals surface area contributed by atoms with Crippen LogP contribution in [-0.4, -0.2) is 45.5 Å². The molecule has 1 aliphatic heterocycles. The van der Waals surface area contributed by atoms with Gasteiger partial charge in [0.1, 0.15) is 5.41 Å². The van der Waals surface area contributed by atoms with Crippen molar-refractivity contribution in [3.63, 3.8) is 0 Å². The number of nitrogens with zero attached hydrogens (tertiary/aromatic N) is 1. The van der Waals surface area contributed by atoms with Crippen LogP contribution in [0.25, 0.3) is 0 Å². The van der Waals surface area contributed by atoms with Gasteiger partial charge in [0.2, 0.25) is 11.8 Å². The van der Waals surface area contributed by atoms with E-state index in [1.165, 1.54) is 13.8 Å². The molecule has 1 atom stereocenters. The van der Waals surface area contributed by atoms with Crippen molar-refractivity contribution in [2.45, 2.75) is 20.3 Å². The summed E-state index contributed by atoms with van der Waals surface area (Å²) in [6.07, 6.45) is 2.03. The third-order valence-corrected chi connectivity index (χ3v) is 3.49. The first kappa shape index (κ1) is 13.8. The van der Waals surface area contributed by atoms with Crippen LogP contribution in [0, 0.1) is 5.41 Å². The highest BCUT2D eigenvalue weighted by Crippen LogP contribution is 2.23. The van der Waals surface area contributed by atoms with Crippen LogP contribution < -0.4 is 5.32 Å². The summed E-state index contributed by atoms with van der Waals surface area (Å²) in [6.45, 7) is 3.13. The number of hydrogen-bond acceptors (Lipinski definition) is 4. The Hall–Kier alpha value is -1.24. The lowest BCUT2D eigenvalue weighted by Gasteiger charge is -2.34. The van der Waals surface area contributed by atoms with Crippen LogP contribution in [0.15, 0.2) is 0 Å². The highest BCUT2D eigenvalue weighted by Gasteiger charge is 2.46. The Balaban J connectivity index is 2.71. The van der Waals surface area contributed by atoms with Crippen molar-refractivity contribution in [2.24, 2.45) is 5.41 Å². The summed E-state index contributed by atoms with van der Waals surface area (Å²) in [6, 6.07) is -0.693. The number of carbonyl (C=O) groups is 3. The van der Waals surface area contributed by atoms with Gasteiger partial charge in [-0.15, -0.1) is 0 Å². The standard InChI is InChI=1S/C10H16N2O4S/c1-10(2)7(13)11-9(15)12(8(10)14)5-4-6-17(3)16/h4-6H2,1-3H3,(H,11,13,15). The Morgan fingerprint density at radius 2 is 1.88 bits per heavy atom. The first-order valence-corrected chi connectivity index (χ1v) is 6.97. The SMILES string of the molecule is CS(=O)CCCN1C(=O)NC(=O)C(C)(C)C1=O. The highest BCUT2D eigenvalue weighted by molar-refractivity contribution is 7.84. The van der Waals surface area contributed by atoms with E-state index in [9.17, 15) is 18.6 Å². The third kappa shape index (κ3) is 2.91. The number of amides is 4. The number of carbonyl (C=O) groups excluding carboxylic acids is 3. The molecule has 0 spiro atoms. The van der Waals surface area contributed by atoms with Crippen molar-refractivity contribution in [1.82, 2.24) is 10.2 Å². The molecule has 6 nitrogen and oxygen atoms in total. The summed E-state index contributed by atoms with van der Waals surface area (Å²) >= 11 is 0. The number of barbiturate groups is 1. The smallest absolute Gasteiger partial charge is 0.277 e. The maximum absolute atomic E-state index is 11.9. The second-order valence-corrected chi connectivity index (χ2v) is 6.03. The van der Waals surface area contributed by atoms with Crippen LogP contribution in [0.3, 0.4) is 0 Å². The predicted molar refractivity (Wildman–Crippen MR) is 62.6 cm³/mol. The zero-order chi connectivity index (χ0) is 13.2. The Morgan fingerprint density at radius 3 is 2.41 bits per heavy atom. The van der Waals surface area contributed by atoms with Crippen LogP contribution in [0.5, 0.6) is 0 Å². The second kappa shape index (κ2) is 4.95. The lowest BCUT2D eigenvalue weighted by molar-refractivity contribution is -0.149. The molecule has 1 saturated heterocycles. The minimum Gasteiger partial charge on any atom is -0.277 e. The summed E-state index contributed by atoms with van der Waals surface area (Å²) in [5, 5.41) is 2.14. The molecule has 1 aliphatic rings. The predicted octanol–water partition coefficient (Wildman–Crippen LogP) is -0.140. The van der Waals surface area contributed by atoms with Gasteiger partial charge in [0.15, 0.2) is 0 Å². The van der Waals surface area contributed by atoms with E-state index in [0.717, 1.165) is 4.90 Å². The molecule has 1 rings (SSSR count). The molecule has 0 aromatic rings. The molecular weight excluding hydrogens is 244 g/mol. The fourth-order valence-corrected chi connectivity index (χ4v) is 2.01. The van der Waals surface area contributed by atoms with Gasteiger partial charge in [-0.3, -0.25) is 24.0 Å². The number of nitrogens with one attached hydrogen (secondary N) is 1. The van der Waals surface area contributed by atoms with Crippen molar-refractivity contribution < 1.29 is 18.6 Å². The van der Waals surface area contributed by atoms with Crippen LogP contribution in [0.4, 0.5) is 4.79 Å². The summed E-state index contributed by atoms with van der Waals surface area (Å²) in [5.74, 6) is -0.665. The van der Waals surface area contributed by atoms with E-state index >= 15 is 0 Å². The van der Waals surface area contributed by atoms with Crippen LogP contribution in [0.2, 0.25) is 0 Å². The van der Waals surface area contributed by atoms with E-state index < -0.39 is 34.1 Å². The van der Waals surface area contributed by atoms with E-state index in [0.29, 0.717) is 12.2 Å². The van der Waals surface area contributed by atoms with Gasteiger partial charge in [0.25, 0.3) is 0 Å². The number of rotatable bonds is 4. The molecule has 0 aromatic heterocycles. The topological polar surface area (TPSA) is 83.6 Å². The first-order chi connectivity index (χ1) is 7.76. The van der Waals surface area contributed by atoms with Crippen molar-refractivity contribution in [3.8, 4) is 0 Å². The van der Waals surface area contributed by atoms with Gasteiger partial charge in [-0.1, -0.05) is 0 Å². The highest BCUT2D eigenvalue weighted by atomic mass is 32.2. The molecule has 1 N–H and O–H groups in total. The summed E-state index contributed by atoms with van der Waals surface area (Å²) in [4.78, 5) is 35.8. The molecule has 4 amide bonds. The Bertz CT molecular complexity index is 392. The van der Waals surface area contributed by atoms with Gasteiger partial charge in [-0.25, -0.2) is 4.79 Å². The molecule has 1 unspecified atom stereocenters. The molecule has 96 valence electrons. The zero-order valence-corrected chi connectivity index (χ0v) is 10.9. The molecule has 1 heterocycles. The van der Waals surface area contributed by atoms with Crippen molar-refractivity contribution in [1.29, 1.82) is 0 Å². The zero-order valence-electron chi connectivity index (χ0n) is 10.1. The number of imide groups is 2. The van der Waals surface area contributed by atoms with Gasteiger partial charge >= 0.3 is 6.03 Å². The molecule has 7 heteroatoms.